The lowest BCUT2D eigenvalue weighted by atomic mass is 9.96. The molecule has 0 aromatic heterocycles. The number of rotatable bonds is 6. The molecule has 1 atom stereocenters. The smallest absolute Gasteiger partial charge is 0.314 e. The molecule has 1 fully saturated rings. The first kappa shape index (κ1) is 21.2. The van der Waals surface area contributed by atoms with Gasteiger partial charge >= 0.3 is 6.18 Å². The predicted molar refractivity (Wildman–Crippen MR) is 90.0 cm³/mol. The topological polar surface area (TPSA) is 15.3 Å². The molecule has 2 rings (SSSR count). The van der Waals surface area contributed by atoms with Gasteiger partial charge in [0, 0.05) is 37.8 Å². The van der Waals surface area contributed by atoms with Crippen molar-refractivity contribution in [2.24, 2.45) is 0 Å². The third-order valence-electron chi connectivity index (χ3n) is 4.36. The van der Waals surface area contributed by atoms with Crippen LogP contribution in [0.5, 0.6) is 0 Å². The van der Waals surface area contributed by atoms with E-state index in [0.29, 0.717) is 6.42 Å². The van der Waals surface area contributed by atoms with Gasteiger partial charge in [0.2, 0.25) is 0 Å². The van der Waals surface area contributed by atoms with E-state index in [1.165, 1.54) is 0 Å². The zero-order chi connectivity index (χ0) is 16.9. The van der Waals surface area contributed by atoms with Crippen molar-refractivity contribution in [1.82, 2.24) is 10.2 Å². The molecule has 1 aromatic rings. The Labute approximate surface area is 147 Å². The van der Waals surface area contributed by atoms with Gasteiger partial charge in [-0.25, -0.2) is 4.39 Å². The lowest BCUT2D eigenvalue weighted by Crippen LogP contribution is -2.45. The third-order valence-corrected chi connectivity index (χ3v) is 4.36. The summed E-state index contributed by atoms with van der Waals surface area (Å²) in [5.41, 5.74) is -0.595. The molecule has 0 unspecified atom stereocenters. The van der Waals surface area contributed by atoms with Crippen molar-refractivity contribution in [3.8, 4) is 0 Å². The van der Waals surface area contributed by atoms with Gasteiger partial charge in [-0.3, -0.25) is 4.90 Å². The molecular formula is C17H25ClF4N2. The van der Waals surface area contributed by atoms with Crippen molar-refractivity contribution >= 4 is 12.4 Å². The summed E-state index contributed by atoms with van der Waals surface area (Å²) < 4.78 is 53.2. The first-order valence-electron chi connectivity index (χ1n) is 8.25. The van der Waals surface area contributed by atoms with Gasteiger partial charge < -0.3 is 5.32 Å². The minimum Gasteiger partial charge on any atom is -0.314 e. The van der Waals surface area contributed by atoms with Gasteiger partial charge in [-0.05, 0) is 24.6 Å². The summed E-state index contributed by atoms with van der Waals surface area (Å²) in [6.45, 7) is 5.10. The first-order valence-corrected chi connectivity index (χ1v) is 8.25. The van der Waals surface area contributed by atoms with Crippen molar-refractivity contribution in [2.45, 2.75) is 44.8 Å². The zero-order valence-electron chi connectivity index (χ0n) is 13.8. The highest BCUT2D eigenvalue weighted by Gasteiger charge is 2.33. The van der Waals surface area contributed by atoms with Gasteiger partial charge in [0.05, 0.1) is 5.56 Å². The maximum absolute atomic E-state index is 14.3. The molecule has 1 aromatic carbocycles. The van der Waals surface area contributed by atoms with Crippen molar-refractivity contribution in [3.05, 3.63) is 35.1 Å². The zero-order valence-corrected chi connectivity index (χ0v) is 14.7. The van der Waals surface area contributed by atoms with E-state index in [4.69, 9.17) is 0 Å². The molecular weight excluding hydrogens is 344 g/mol. The monoisotopic (exact) mass is 368 g/mol. The summed E-state index contributed by atoms with van der Waals surface area (Å²) in [6, 6.07) is 2.48. The van der Waals surface area contributed by atoms with E-state index < -0.39 is 17.6 Å². The molecule has 0 saturated carbocycles. The number of piperazine rings is 1. The van der Waals surface area contributed by atoms with Gasteiger partial charge in [0.15, 0.2) is 0 Å². The second-order valence-electron chi connectivity index (χ2n) is 6.03. The quantitative estimate of drug-likeness (QED) is 0.573. The summed E-state index contributed by atoms with van der Waals surface area (Å²) in [4.78, 5) is 2.10. The van der Waals surface area contributed by atoms with Crippen LogP contribution in [-0.2, 0) is 6.18 Å². The van der Waals surface area contributed by atoms with E-state index in [1.807, 2.05) is 0 Å². The molecule has 1 aliphatic heterocycles. The van der Waals surface area contributed by atoms with Crippen LogP contribution in [0.1, 0.15) is 49.8 Å². The number of hydrogen-bond acceptors (Lipinski definition) is 2. The van der Waals surface area contributed by atoms with Crippen LogP contribution in [0.4, 0.5) is 17.6 Å². The Bertz CT molecular complexity index is 502. The Kier molecular flexibility index (Phi) is 8.46. The van der Waals surface area contributed by atoms with E-state index in [-0.39, 0.29) is 24.0 Å². The molecule has 0 spiro atoms. The van der Waals surface area contributed by atoms with Crippen LogP contribution in [-0.4, -0.2) is 31.1 Å². The van der Waals surface area contributed by atoms with E-state index in [2.05, 4.69) is 17.1 Å². The fraction of sp³-hybridized carbons (Fsp3) is 0.647. The van der Waals surface area contributed by atoms with Crippen LogP contribution in [0.15, 0.2) is 18.2 Å². The molecule has 1 heterocycles. The highest BCUT2D eigenvalue weighted by atomic mass is 35.5. The van der Waals surface area contributed by atoms with Crippen LogP contribution in [0.2, 0.25) is 0 Å². The van der Waals surface area contributed by atoms with Crippen molar-refractivity contribution in [2.75, 3.05) is 26.2 Å². The fourth-order valence-corrected chi connectivity index (χ4v) is 3.09. The number of hydrogen-bond donors (Lipinski definition) is 1. The lowest BCUT2D eigenvalue weighted by Gasteiger charge is -2.35. The number of halogens is 5. The molecule has 0 radical (unpaired) electrons. The maximum atomic E-state index is 14.3. The molecule has 7 heteroatoms. The van der Waals surface area contributed by atoms with E-state index in [9.17, 15) is 17.6 Å². The van der Waals surface area contributed by atoms with Crippen LogP contribution >= 0.6 is 12.4 Å². The van der Waals surface area contributed by atoms with Gasteiger partial charge in [0.25, 0.3) is 0 Å². The number of nitrogens with one attached hydrogen (secondary N) is 1. The number of benzene rings is 1. The Hall–Kier alpha value is -0.850. The second-order valence-corrected chi connectivity index (χ2v) is 6.03. The molecule has 24 heavy (non-hydrogen) atoms. The fourth-order valence-electron chi connectivity index (χ4n) is 3.09. The standard InChI is InChI=1S/C17H24F4N2.ClH/c1-2-3-4-5-16(23-10-8-22-9-11-23)14-12-13(17(19,20)21)6-7-15(14)18;/h6-7,12,16,22H,2-5,8-11H2,1H3;1H/t16-;/m0./s1. The van der Waals surface area contributed by atoms with Crippen LogP contribution in [0.25, 0.3) is 0 Å². The van der Waals surface area contributed by atoms with Gasteiger partial charge in [0.1, 0.15) is 5.82 Å². The molecule has 0 bridgehead atoms. The lowest BCUT2D eigenvalue weighted by molar-refractivity contribution is -0.137. The number of nitrogens with zero attached hydrogens (tertiary/aromatic N) is 1. The largest absolute Gasteiger partial charge is 0.416 e. The summed E-state index contributed by atoms with van der Waals surface area (Å²) >= 11 is 0. The molecule has 0 amide bonds. The average Bonchev–Trinajstić information content (AvgIpc) is 2.52. The first-order chi connectivity index (χ1) is 10.9. The summed E-state index contributed by atoms with van der Waals surface area (Å²) in [7, 11) is 0. The van der Waals surface area contributed by atoms with E-state index >= 15 is 0 Å². The Morgan fingerprint density at radius 3 is 2.42 bits per heavy atom. The van der Waals surface area contributed by atoms with Gasteiger partial charge in [-0.2, -0.15) is 13.2 Å². The summed E-state index contributed by atoms with van der Waals surface area (Å²) in [6.07, 6.45) is -0.838. The average molecular weight is 369 g/mol. The normalized spacial score (nSPS) is 17.4. The van der Waals surface area contributed by atoms with Crippen molar-refractivity contribution < 1.29 is 17.6 Å². The van der Waals surface area contributed by atoms with E-state index in [0.717, 1.165) is 63.6 Å². The Morgan fingerprint density at radius 2 is 1.83 bits per heavy atom. The molecule has 1 N–H and O–H groups in total. The molecule has 0 aliphatic carbocycles. The number of alkyl halides is 3. The summed E-state index contributed by atoms with van der Waals surface area (Å²) in [5.74, 6) is -0.543. The Balaban J connectivity index is 0.00000288. The molecule has 138 valence electrons. The predicted octanol–water partition coefficient (Wildman–Crippen LogP) is 4.79. The van der Waals surface area contributed by atoms with Crippen LogP contribution < -0.4 is 5.32 Å². The minimum absolute atomic E-state index is 0. The third kappa shape index (κ3) is 5.60. The molecule has 1 saturated heterocycles. The second kappa shape index (κ2) is 9.59. The highest BCUT2D eigenvalue weighted by molar-refractivity contribution is 5.85. The molecule has 2 nitrogen and oxygen atoms in total. The van der Waals surface area contributed by atoms with Crippen molar-refractivity contribution in [1.29, 1.82) is 0 Å². The minimum atomic E-state index is -4.44. The Morgan fingerprint density at radius 1 is 1.17 bits per heavy atom. The van der Waals surface area contributed by atoms with Gasteiger partial charge in [-0.1, -0.05) is 26.2 Å². The van der Waals surface area contributed by atoms with E-state index in [1.54, 1.807) is 0 Å². The maximum Gasteiger partial charge on any atom is 0.416 e. The van der Waals surface area contributed by atoms with Gasteiger partial charge in [-0.15, -0.1) is 12.4 Å². The SMILES string of the molecule is CCCCC[C@@H](c1cc(C(F)(F)F)ccc1F)N1CCNCC1.Cl. The highest BCUT2D eigenvalue weighted by Crippen LogP contribution is 2.35. The summed E-state index contributed by atoms with van der Waals surface area (Å²) in [5, 5.41) is 3.22. The van der Waals surface area contributed by atoms with Crippen LogP contribution in [0.3, 0.4) is 0 Å². The van der Waals surface area contributed by atoms with Crippen molar-refractivity contribution in [3.63, 3.8) is 0 Å². The number of unbranched alkanes of at least 4 members (excludes halogenated alkanes) is 2. The van der Waals surface area contributed by atoms with Crippen LogP contribution in [0, 0.1) is 5.82 Å². The molecule has 1 aliphatic rings.